The Hall–Kier alpha value is -2.42. The third-order valence-electron chi connectivity index (χ3n) is 3.30. The second-order valence-electron chi connectivity index (χ2n) is 4.51. The quantitative estimate of drug-likeness (QED) is 0.705. The maximum atomic E-state index is 13.6. The smallest absolute Gasteiger partial charge is 0.190 e. The molecule has 2 nitrogen and oxygen atoms in total. The Balaban J connectivity index is 2.32. The van der Waals surface area contributed by atoms with Crippen LogP contribution in [0.25, 0.3) is 22.2 Å². The summed E-state index contributed by atoms with van der Waals surface area (Å²) < 4.78 is 13.6. The first-order chi connectivity index (χ1) is 9.16. The van der Waals surface area contributed by atoms with E-state index in [1.807, 2.05) is 18.2 Å². The molecule has 19 heavy (non-hydrogen) atoms. The Morgan fingerprint density at radius 2 is 1.84 bits per heavy atom. The van der Waals surface area contributed by atoms with Crippen LogP contribution in [0.4, 0.5) is 4.39 Å². The molecule has 0 saturated carbocycles. The van der Waals surface area contributed by atoms with Crippen LogP contribution >= 0.6 is 0 Å². The van der Waals surface area contributed by atoms with E-state index >= 15 is 0 Å². The summed E-state index contributed by atoms with van der Waals surface area (Å²) in [6.45, 7) is 1.71. The fraction of sp³-hybridized carbons (Fsp3) is 0.0625. The standard InChI is InChI=1S/C16H12FNO/c1-10-11(6-4-7-13(10)17)15-9-16(19)12-5-2-3-8-14(12)18-15/h2-9H,1H3,(H,18,19). The van der Waals surface area contributed by atoms with Gasteiger partial charge in [-0.3, -0.25) is 4.79 Å². The lowest BCUT2D eigenvalue weighted by Gasteiger charge is -2.08. The van der Waals surface area contributed by atoms with Gasteiger partial charge in [0.25, 0.3) is 0 Å². The van der Waals surface area contributed by atoms with Crippen LogP contribution in [0, 0.1) is 12.7 Å². The summed E-state index contributed by atoms with van der Waals surface area (Å²) in [5.41, 5.74) is 2.58. The topological polar surface area (TPSA) is 32.9 Å². The van der Waals surface area contributed by atoms with E-state index in [1.54, 1.807) is 25.1 Å². The van der Waals surface area contributed by atoms with E-state index < -0.39 is 0 Å². The van der Waals surface area contributed by atoms with Crippen LogP contribution in [0.2, 0.25) is 0 Å². The zero-order valence-electron chi connectivity index (χ0n) is 10.4. The van der Waals surface area contributed by atoms with Crippen molar-refractivity contribution in [1.82, 2.24) is 4.98 Å². The minimum absolute atomic E-state index is 0.0620. The second kappa shape index (κ2) is 4.35. The van der Waals surface area contributed by atoms with Crippen LogP contribution in [-0.4, -0.2) is 4.98 Å². The Morgan fingerprint density at radius 3 is 2.68 bits per heavy atom. The van der Waals surface area contributed by atoms with E-state index in [1.165, 1.54) is 12.1 Å². The van der Waals surface area contributed by atoms with Crippen LogP contribution in [-0.2, 0) is 0 Å². The maximum Gasteiger partial charge on any atom is 0.190 e. The van der Waals surface area contributed by atoms with Gasteiger partial charge in [0.15, 0.2) is 5.43 Å². The molecule has 0 radical (unpaired) electrons. The highest BCUT2D eigenvalue weighted by Crippen LogP contribution is 2.23. The zero-order valence-corrected chi connectivity index (χ0v) is 10.4. The molecule has 0 amide bonds. The van der Waals surface area contributed by atoms with Crippen molar-refractivity contribution in [2.75, 3.05) is 0 Å². The molecule has 94 valence electrons. The first-order valence-corrected chi connectivity index (χ1v) is 6.04. The van der Waals surface area contributed by atoms with Gasteiger partial charge in [-0.2, -0.15) is 0 Å². The minimum Gasteiger partial charge on any atom is -0.354 e. The average molecular weight is 253 g/mol. The van der Waals surface area contributed by atoms with Crippen LogP contribution in [0.5, 0.6) is 0 Å². The number of hydrogen-bond acceptors (Lipinski definition) is 1. The van der Waals surface area contributed by atoms with Gasteiger partial charge in [0.2, 0.25) is 0 Å². The van der Waals surface area contributed by atoms with Crippen molar-refractivity contribution in [3.05, 3.63) is 70.1 Å². The molecule has 2 aromatic carbocycles. The molecule has 0 aliphatic rings. The number of nitrogens with one attached hydrogen (secondary N) is 1. The van der Waals surface area contributed by atoms with Crippen molar-refractivity contribution in [3.63, 3.8) is 0 Å². The molecule has 0 fully saturated rings. The van der Waals surface area contributed by atoms with E-state index in [0.717, 1.165) is 5.52 Å². The van der Waals surface area contributed by atoms with Crippen LogP contribution in [0.1, 0.15) is 5.56 Å². The maximum absolute atomic E-state index is 13.6. The number of H-pyrrole nitrogens is 1. The summed E-state index contributed by atoms with van der Waals surface area (Å²) in [4.78, 5) is 15.2. The molecule has 0 saturated heterocycles. The van der Waals surface area contributed by atoms with Gasteiger partial charge in [0, 0.05) is 22.5 Å². The van der Waals surface area contributed by atoms with E-state index in [0.29, 0.717) is 22.2 Å². The third-order valence-corrected chi connectivity index (χ3v) is 3.30. The van der Waals surface area contributed by atoms with Crippen molar-refractivity contribution < 1.29 is 4.39 Å². The molecule has 0 spiro atoms. The molecule has 1 heterocycles. The zero-order chi connectivity index (χ0) is 13.4. The van der Waals surface area contributed by atoms with Crippen LogP contribution in [0.15, 0.2) is 53.3 Å². The molecule has 1 aromatic heterocycles. The van der Waals surface area contributed by atoms with Gasteiger partial charge < -0.3 is 4.98 Å². The van der Waals surface area contributed by atoms with E-state index in [-0.39, 0.29) is 11.2 Å². The van der Waals surface area contributed by atoms with E-state index in [9.17, 15) is 9.18 Å². The summed E-state index contributed by atoms with van der Waals surface area (Å²) in [7, 11) is 0. The third kappa shape index (κ3) is 1.93. The number of aromatic amines is 1. The molecule has 0 bridgehead atoms. The van der Waals surface area contributed by atoms with E-state index in [2.05, 4.69) is 4.98 Å². The summed E-state index contributed by atoms with van der Waals surface area (Å²) in [5, 5.41) is 0.639. The molecular formula is C16H12FNO. The van der Waals surface area contributed by atoms with Crippen molar-refractivity contribution in [3.8, 4) is 11.3 Å². The number of pyridine rings is 1. The number of rotatable bonds is 1. The molecule has 3 heteroatoms. The summed E-state index contributed by atoms with van der Waals surface area (Å²) in [5.74, 6) is -0.272. The van der Waals surface area contributed by atoms with Crippen molar-refractivity contribution in [2.24, 2.45) is 0 Å². The van der Waals surface area contributed by atoms with Crippen LogP contribution in [0.3, 0.4) is 0 Å². The predicted molar refractivity (Wildman–Crippen MR) is 74.7 cm³/mol. The molecule has 0 unspecified atom stereocenters. The van der Waals surface area contributed by atoms with Crippen molar-refractivity contribution in [2.45, 2.75) is 6.92 Å². The summed E-state index contributed by atoms with van der Waals surface area (Å²) in [6, 6.07) is 13.7. The highest BCUT2D eigenvalue weighted by atomic mass is 19.1. The fourth-order valence-electron chi connectivity index (χ4n) is 2.24. The Morgan fingerprint density at radius 1 is 1.05 bits per heavy atom. The van der Waals surface area contributed by atoms with Gasteiger partial charge in [-0.05, 0) is 30.7 Å². The van der Waals surface area contributed by atoms with Crippen molar-refractivity contribution >= 4 is 10.9 Å². The van der Waals surface area contributed by atoms with Crippen molar-refractivity contribution in [1.29, 1.82) is 0 Å². The molecular weight excluding hydrogens is 241 g/mol. The normalized spacial score (nSPS) is 10.8. The predicted octanol–water partition coefficient (Wildman–Crippen LogP) is 3.64. The van der Waals surface area contributed by atoms with Gasteiger partial charge >= 0.3 is 0 Å². The Kier molecular flexibility index (Phi) is 2.67. The number of hydrogen-bond donors (Lipinski definition) is 1. The lowest BCUT2D eigenvalue weighted by molar-refractivity contribution is 0.619. The van der Waals surface area contributed by atoms with Gasteiger partial charge in [0.05, 0.1) is 5.69 Å². The fourth-order valence-corrected chi connectivity index (χ4v) is 2.24. The molecule has 3 rings (SSSR count). The SMILES string of the molecule is Cc1c(F)cccc1-c1cc(=O)c2ccccc2[nH]1. The van der Waals surface area contributed by atoms with Gasteiger partial charge in [0.1, 0.15) is 5.82 Å². The minimum atomic E-state index is -0.272. The summed E-state index contributed by atoms with van der Waals surface area (Å²) >= 11 is 0. The first-order valence-electron chi connectivity index (χ1n) is 6.04. The molecule has 1 N–H and O–H groups in total. The molecule has 3 aromatic rings. The molecule has 0 atom stereocenters. The number of para-hydroxylation sites is 1. The number of benzene rings is 2. The average Bonchev–Trinajstić information content (AvgIpc) is 2.42. The van der Waals surface area contributed by atoms with Gasteiger partial charge in [-0.1, -0.05) is 24.3 Å². The monoisotopic (exact) mass is 253 g/mol. The molecule has 0 aliphatic heterocycles. The largest absolute Gasteiger partial charge is 0.354 e. The Labute approximate surface area is 109 Å². The van der Waals surface area contributed by atoms with Gasteiger partial charge in [-0.15, -0.1) is 0 Å². The van der Waals surface area contributed by atoms with Gasteiger partial charge in [-0.25, -0.2) is 4.39 Å². The number of halogens is 1. The summed E-state index contributed by atoms with van der Waals surface area (Å²) in [6.07, 6.45) is 0. The lowest BCUT2D eigenvalue weighted by Crippen LogP contribution is -2.03. The lowest BCUT2D eigenvalue weighted by atomic mass is 10.0. The van der Waals surface area contributed by atoms with E-state index in [4.69, 9.17) is 0 Å². The number of aromatic nitrogens is 1. The van der Waals surface area contributed by atoms with Crippen LogP contribution < -0.4 is 5.43 Å². The first kappa shape index (κ1) is 11.7. The highest BCUT2D eigenvalue weighted by molar-refractivity contribution is 5.81. The number of fused-ring (bicyclic) bond motifs is 1. The molecule has 0 aliphatic carbocycles. The Bertz CT molecular complexity index is 820. The highest BCUT2D eigenvalue weighted by Gasteiger charge is 2.08. The second-order valence-corrected chi connectivity index (χ2v) is 4.51.